The van der Waals surface area contributed by atoms with Crippen molar-refractivity contribution in [1.29, 1.82) is 0 Å². The number of hydrogen-bond donors (Lipinski definition) is 2. The third-order valence-corrected chi connectivity index (χ3v) is 6.18. The first kappa shape index (κ1) is 17.2. The second-order valence-corrected chi connectivity index (χ2v) is 7.91. The Morgan fingerprint density at radius 3 is 2.86 bits per heavy atom. The van der Waals surface area contributed by atoms with Crippen LogP contribution in [0.1, 0.15) is 31.2 Å². The average Bonchev–Trinajstić information content (AvgIpc) is 3.36. The van der Waals surface area contributed by atoms with Gasteiger partial charge in [-0.05, 0) is 57.3 Å². The van der Waals surface area contributed by atoms with E-state index in [1.807, 2.05) is 37.5 Å². The minimum absolute atomic E-state index is 0.442. The molecule has 3 aromatic rings. The summed E-state index contributed by atoms with van der Waals surface area (Å²) < 4.78 is 0. The van der Waals surface area contributed by atoms with Gasteiger partial charge in [0.25, 0.3) is 0 Å². The number of fused-ring (bicyclic) bond motifs is 1. The monoisotopic (exact) mass is 372 g/mol. The molecule has 2 fully saturated rings. The molecule has 1 saturated heterocycles. The fraction of sp³-hybridized carbons (Fsp3) is 0.409. The van der Waals surface area contributed by atoms with E-state index in [9.17, 15) is 0 Å². The van der Waals surface area contributed by atoms with Crippen molar-refractivity contribution in [3.8, 4) is 11.3 Å². The highest BCUT2D eigenvalue weighted by molar-refractivity contribution is 5.96. The van der Waals surface area contributed by atoms with Gasteiger partial charge < -0.3 is 10.3 Å². The Balaban J connectivity index is 1.43. The minimum Gasteiger partial charge on any atom is -0.362 e. The molecular formula is C22H24N6. The summed E-state index contributed by atoms with van der Waals surface area (Å²) in [6.45, 7) is 11.7. The lowest BCUT2D eigenvalue weighted by molar-refractivity contribution is 0.140. The van der Waals surface area contributed by atoms with Crippen molar-refractivity contribution in [2.24, 2.45) is 0 Å². The lowest BCUT2D eigenvalue weighted by Crippen LogP contribution is -2.53. The second-order valence-electron chi connectivity index (χ2n) is 7.91. The molecule has 5 rings (SSSR count). The van der Waals surface area contributed by atoms with Gasteiger partial charge in [-0.1, -0.05) is 12.1 Å². The fourth-order valence-electron chi connectivity index (χ4n) is 4.49. The van der Waals surface area contributed by atoms with E-state index >= 15 is 0 Å². The maximum Gasteiger partial charge on any atom is 0.223 e. The molecule has 0 spiro atoms. The third kappa shape index (κ3) is 2.92. The molecule has 1 aromatic carbocycles. The van der Waals surface area contributed by atoms with Crippen molar-refractivity contribution < 1.29 is 0 Å². The van der Waals surface area contributed by atoms with E-state index in [1.165, 1.54) is 38.8 Å². The Kier molecular flexibility index (Phi) is 4.25. The first-order valence-electron chi connectivity index (χ1n) is 10.1. The molecule has 28 heavy (non-hydrogen) atoms. The molecule has 0 bridgehead atoms. The molecule has 2 aromatic heterocycles. The van der Waals surface area contributed by atoms with Crippen LogP contribution < -0.4 is 5.32 Å². The zero-order valence-electron chi connectivity index (χ0n) is 16.1. The molecule has 0 radical (unpaired) electrons. The van der Waals surface area contributed by atoms with Crippen LogP contribution in [0.3, 0.4) is 0 Å². The summed E-state index contributed by atoms with van der Waals surface area (Å²) in [5, 5.41) is 4.67. The van der Waals surface area contributed by atoms with E-state index in [1.54, 1.807) is 0 Å². The van der Waals surface area contributed by atoms with Gasteiger partial charge in [0.15, 0.2) is 5.69 Å². The number of nitrogens with zero attached hydrogens (tertiary/aromatic N) is 4. The third-order valence-electron chi connectivity index (χ3n) is 6.18. The summed E-state index contributed by atoms with van der Waals surface area (Å²) in [6, 6.07) is 6.81. The Hall–Kier alpha value is -2.91. The molecule has 1 aliphatic carbocycles. The molecule has 0 amide bonds. The number of anilines is 1. The van der Waals surface area contributed by atoms with Gasteiger partial charge in [0.2, 0.25) is 5.95 Å². The lowest BCUT2D eigenvalue weighted by Gasteiger charge is -2.43. The van der Waals surface area contributed by atoms with Crippen LogP contribution >= 0.6 is 0 Å². The number of aryl methyl sites for hydroxylation is 1. The molecule has 1 saturated carbocycles. The lowest BCUT2D eigenvalue weighted by atomic mass is 9.85. The largest absolute Gasteiger partial charge is 0.362 e. The first-order chi connectivity index (χ1) is 13.7. The van der Waals surface area contributed by atoms with Crippen molar-refractivity contribution in [2.75, 3.05) is 18.4 Å². The Morgan fingerprint density at radius 2 is 2.11 bits per heavy atom. The smallest absolute Gasteiger partial charge is 0.223 e. The maximum absolute atomic E-state index is 7.20. The Morgan fingerprint density at radius 1 is 1.25 bits per heavy atom. The molecular weight excluding hydrogens is 348 g/mol. The van der Waals surface area contributed by atoms with Gasteiger partial charge in [0.1, 0.15) is 0 Å². The number of hydrogen-bond acceptors (Lipinski definition) is 4. The highest BCUT2D eigenvalue weighted by Crippen LogP contribution is 2.33. The zero-order chi connectivity index (χ0) is 19.1. The highest BCUT2D eigenvalue weighted by Gasteiger charge is 2.36. The Labute approximate surface area is 164 Å². The number of aromatic nitrogens is 3. The van der Waals surface area contributed by atoms with E-state index in [2.05, 4.69) is 25.0 Å². The summed E-state index contributed by atoms with van der Waals surface area (Å²) in [5.41, 5.74) is 4.64. The van der Waals surface area contributed by atoms with Gasteiger partial charge in [0.05, 0.1) is 12.3 Å². The standard InChI is InChI=1S/C22H24N6/c1-14-12-25-22(26-18-7-8-20(18)28-9-3-4-10-28)27-21(14)17-13-24-19-11-15(23-2)5-6-16(17)19/h5-6,11-13,18,20,24H,3-4,7-10H2,1H3,(H,25,26,27)/t18-,20-/m1/s1. The van der Waals surface area contributed by atoms with Crippen LogP contribution in [-0.4, -0.2) is 45.0 Å². The predicted octanol–water partition coefficient (Wildman–Crippen LogP) is 4.52. The van der Waals surface area contributed by atoms with Crippen LogP contribution in [0, 0.1) is 13.5 Å². The van der Waals surface area contributed by atoms with Crippen molar-refractivity contribution in [1.82, 2.24) is 19.9 Å². The quantitative estimate of drug-likeness (QED) is 0.661. The van der Waals surface area contributed by atoms with Crippen molar-refractivity contribution in [3.05, 3.63) is 47.6 Å². The molecule has 1 aliphatic heterocycles. The van der Waals surface area contributed by atoms with Gasteiger partial charge in [-0.15, -0.1) is 0 Å². The van der Waals surface area contributed by atoms with Crippen LogP contribution in [0.25, 0.3) is 27.0 Å². The van der Waals surface area contributed by atoms with E-state index in [4.69, 9.17) is 11.6 Å². The maximum atomic E-state index is 7.20. The normalized spacial score (nSPS) is 22.1. The van der Waals surface area contributed by atoms with Crippen molar-refractivity contribution >= 4 is 22.5 Å². The molecule has 6 heteroatoms. The van der Waals surface area contributed by atoms with Crippen LogP contribution in [0.2, 0.25) is 0 Å². The minimum atomic E-state index is 0.442. The van der Waals surface area contributed by atoms with Crippen LogP contribution in [0.5, 0.6) is 0 Å². The van der Waals surface area contributed by atoms with Crippen LogP contribution in [0.15, 0.2) is 30.6 Å². The summed E-state index contributed by atoms with van der Waals surface area (Å²) >= 11 is 0. The number of nitrogens with one attached hydrogen (secondary N) is 2. The number of benzene rings is 1. The molecule has 2 N–H and O–H groups in total. The number of H-pyrrole nitrogens is 1. The molecule has 0 unspecified atom stereocenters. The van der Waals surface area contributed by atoms with Crippen molar-refractivity contribution in [3.63, 3.8) is 0 Å². The van der Waals surface area contributed by atoms with Gasteiger partial charge >= 0.3 is 0 Å². The fourth-order valence-corrected chi connectivity index (χ4v) is 4.49. The molecule has 2 atom stereocenters. The number of rotatable bonds is 4. The first-order valence-corrected chi connectivity index (χ1v) is 10.1. The highest BCUT2D eigenvalue weighted by atomic mass is 15.2. The molecule has 142 valence electrons. The van der Waals surface area contributed by atoms with Crippen molar-refractivity contribution in [2.45, 2.75) is 44.7 Å². The summed E-state index contributed by atoms with van der Waals surface area (Å²) in [7, 11) is 0. The van der Waals surface area contributed by atoms with Gasteiger partial charge in [-0.25, -0.2) is 14.8 Å². The topological polar surface area (TPSA) is 61.2 Å². The van der Waals surface area contributed by atoms with E-state index in [0.29, 0.717) is 23.7 Å². The number of aromatic amines is 1. The predicted molar refractivity (Wildman–Crippen MR) is 112 cm³/mol. The molecule has 2 aliphatic rings. The van der Waals surface area contributed by atoms with Crippen LogP contribution in [-0.2, 0) is 0 Å². The average molecular weight is 372 g/mol. The number of likely N-dealkylation sites (tertiary alicyclic amines) is 1. The van der Waals surface area contributed by atoms with E-state index in [-0.39, 0.29) is 0 Å². The van der Waals surface area contributed by atoms with Crippen LogP contribution in [0.4, 0.5) is 11.6 Å². The summed E-state index contributed by atoms with van der Waals surface area (Å²) in [5.74, 6) is 0.710. The summed E-state index contributed by atoms with van der Waals surface area (Å²) in [4.78, 5) is 18.8. The van der Waals surface area contributed by atoms with E-state index in [0.717, 1.165) is 27.7 Å². The van der Waals surface area contributed by atoms with E-state index < -0.39 is 0 Å². The van der Waals surface area contributed by atoms with Gasteiger partial charge in [-0.3, -0.25) is 4.90 Å². The Bertz CT molecular complexity index is 1060. The second kappa shape index (κ2) is 6.92. The molecule has 3 heterocycles. The molecule has 6 nitrogen and oxygen atoms in total. The zero-order valence-corrected chi connectivity index (χ0v) is 16.1. The van der Waals surface area contributed by atoms with Gasteiger partial charge in [-0.2, -0.15) is 0 Å². The summed E-state index contributed by atoms with van der Waals surface area (Å²) in [6.07, 6.45) is 8.98. The van der Waals surface area contributed by atoms with Gasteiger partial charge in [0, 0.05) is 40.9 Å². The SMILES string of the molecule is [C-]#[N+]c1ccc2c(-c3nc(N[C@@H]4CC[C@H]4N4CCCC4)ncc3C)c[nH]c2c1.